The van der Waals surface area contributed by atoms with Gasteiger partial charge in [-0.05, 0) is 35.2 Å². The molecular weight excluding hydrogens is 266 g/mol. The molecule has 0 radical (unpaired) electrons. The second-order valence-corrected chi connectivity index (χ2v) is 4.76. The predicted molar refractivity (Wildman–Crippen MR) is 82.1 cm³/mol. The number of carbonyl (C=O) groups is 1. The van der Waals surface area contributed by atoms with Crippen molar-refractivity contribution in [3.05, 3.63) is 54.1 Å². The summed E-state index contributed by atoms with van der Waals surface area (Å²) in [6.07, 6.45) is 0.468. The summed E-state index contributed by atoms with van der Waals surface area (Å²) in [6, 6.07) is 15.2. The van der Waals surface area contributed by atoms with Crippen LogP contribution in [0.15, 0.2) is 48.5 Å². The summed E-state index contributed by atoms with van der Waals surface area (Å²) in [5, 5.41) is 0. The highest BCUT2D eigenvalue weighted by Crippen LogP contribution is 2.22. The van der Waals surface area contributed by atoms with E-state index in [1.807, 2.05) is 48.5 Å². The predicted octanol–water partition coefficient (Wildman–Crippen LogP) is 2.41. The highest BCUT2D eigenvalue weighted by atomic mass is 16.5. The normalized spacial score (nSPS) is 11.8. The summed E-state index contributed by atoms with van der Waals surface area (Å²) >= 11 is 0. The molecule has 0 heterocycles. The van der Waals surface area contributed by atoms with Crippen LogP contribution in [0.3, 0.4) is 0 Å². The molecule has 0 aliphatic carbocycles. The number of hydrogen-bond acceptors (Lipinski definition) is 4. The number of esters is 1. The lowest BCUT2D eigenvalue weighted by molar-refractivity contribution is -0.142. The molecule has 0 amide bonds. The minimum atomic E-state index is -0.623. The number of rotatable bonds is 5. The molecule has 2 aromatic carbocycles. The van der Waals surface area contributed by atoms with Crippen molar-refractivity contribution >= 4 is 5.97 Å². The average molecular weight is 285 g/mol. The Hall–Kier alpha value is -2.33. The van der Waals surface area contributed by atoms with Crippen molar-refractivity contribution in [1.29, 1.82) is 0 Å². The van der Waals surface area contributed by atoms with Crippen LogP contribution in [0.2, 0.25) is 0 Å². The quantitative estimate of drug-likeness (QED) is 0.857. The lowest BCUT2D eigenvalue weighted by Gasteiger charge is -2.10. The molecule has 2 aromatic rings. The highest BCUT2D eigenvalue weighted by Gasteiger charge is 2.14. The van der Waals surface area contributed by atoms with Gasteiger partial charge in [-0.2, -0.15) is 0 Å². The maximum absolute atomic E-state index is 11.3. The van der Waals surface area contributed by atoms with Gasteiger partial charge in [-0.3, -0.25) is 4.79 Å². The number of methoxy groups -OCH3 is 2. The zero-order valence-electron chi connectivity index (χ0n) is 12.2. The maximum Gasteiger partial charge on any atom is 0.322 e. The Labute approximate surface area is 124 Å². The minimum Gasteiger partial charge on any atom is -0.497 e. The Morgan fingerprint density at radius 2 is 1.52 bits per heavy atom. The number of benzene rings is 2. The van der Waals surface area contributed by atoms with Crippen molar-refractivity contribution in [3.63, 3.8) is 0 Å². The number of nitrogens with two attached hydrogens (primary N) is 1. The SMILES string of the molecule is COC(=O)[C@@H](N)Cc1ccc(-c2ccc(OC)cc2)cc1. The Kier molecular flexibility index (Phi) is 4.95. The minimum absolute atomic E-state index is 0.394. The first kappa shape index (κ1) is 15.1. The van der Waals surface area contributed by atoms with E-state index in [0.29, 0.717) is 6.42 Å². The fraction of sp³-hybridized carbons (Fsp3) is 0.235. The standard InChI is InChI=1S/C17H19NO3/c1-20-15-9-7-14(8-10-15)13-5-3-12(4-6-13)11-16(18)17(19)21-2/h3-10,16H,11,18H2,1-2H3/t16-/m0/s1. The lowest BCUT2D eigenvalue weighted by atomic mass is 10.0. The van der Waals surface area contributed by atoms with Crippen molar-refractivity contribution in [2.45, 2.75) is 12.5 Å². The van der Waals surface area contributed by atoms with Crippen LogP contribution in [-0.2, 0) is 16.0 Å². The number of carbonyl (C=O) groups excluding carboxylic acids is 1. The third kappa shape index (κ3) is 3.83. The summed E-state index contributed by atoms with van der Waals surface area (Å²) in [5.41, 5.74) is 8.97. The van der Waals surface area contributed by atoms with Crippen molar-refractivity contribution in [2.75, 3.05) is 14.2 Å². The van der Waals surface area contributed by atoms with E-state index in [1.54, 1.807) is 7.11 Å². The molecule has 0 saturated carbocycles. The summed E-state index contributed by atoms with van der Waals surface area (Å²) in [5.74, 6) is 0.439. The van der Waals surface area contributed by atoms with Crippen LogP contribution in [-0.4, -0.2) is 26.2 Å². The maximum atomic E-state index is 11.3. The van der Waals surface area contributed by atoms with Crippen LogP contribution in [0.25, 0.3) is 11.1 Å². The van der Waals surface area contributed by atoms with E-state index in [1.165, 1.54) is 7.11 Å². The largest absolute Gasteiger partial charge is 0.497 e. The van der Waals surface area contributed by atoms with Crippen LogP contribution in [0.1, 0.15) is 5.56 Å². The molecule has 0 saturated heterocycles. The van der Waals surface area contributed by atoms with Crippen LogP contribution in [0.4, 0.5) is 0 Å². The highest BCUT2D eigenvalue weighted by molar-refractivity contribution is 5.75. The summed E-state index contributed by atoms with van der Waals surface area (Å²) in [6.45, 7) is 0. The lowest BCUT2D eigenvalue weighted by Crippen LogP contribution is -2.33. The Morgan fingerprint density at radius 1 is 1.00 bits per heavy atom. The summed E-state index contributed by atoms with van der Waals surface area (Å²) in [7, 11) is 2.99. The van der Waals surface area contributed by atoms with Crippen LogP contribution in [0, 0.1) is 0 Å². The van der Waals surface area contributed by atoms with Crippen molar-refractivity contribution < 1.29 is 14.3 Å². The molecule has 4 heteroatoms. The monoisotopic (exact) mass is 285 g/mol. The van der Waals surface area contributed by atoms with Gasteiger partial charge < -0.3 is 15.2 Å². The van der Waals surface area contributed by atoms with Crippen molar-refractivity contribution in [2.24, 2.45) is 5.73 Å². The van der Waals surface area contributed by atoms with E-state index in [2.05, 4.69) is 4.74 Å². The fourth-order valence-corrected chi connectivity index (χ4v) is 2.11. The van der Waals surface area contributed by atoms with Crippen molar-refractivity contribution in [3.8, 4) is 16.9 Å². The van der Waals surface area contributed by atoms with Crippen LogP contribution < -0.4 is 10.5 Å². The first-order chi connectivity index (χ1) is 10.1. The molecule has 1 atom stereocenters. The molecule has 110 valence electrons. The van der Waals surface area contributed by atoms with Gasteiger partial charge in [0.05, 0.1) is 14.2 Å². The summed E-state index contributed by atoms with van der Waals surface area (Å²) in [4.78, 5) is 11.3. The average Bonchev–Trinajstić information content (AvgIpc) is 2.55. The molecule has 21 heavy (non-hydrogen) atoms. The number of ether oxygens (including phenoxy) is 2. The van der Waals surface area contributed by atoms with Crippen molar-refractivity contribution in [1.82, 2.24) is 0 Å². The van der Waals surface area contributed by atoms with E-state index in [9.17, 15) is 4.79 Å². The van der Waals surface area contributed by atoms with Crippen LogP contribution >= 0.6 is 0 Å². The molecule has 0 fully saturated rings. The van der Waals surface area contributed by atoms with E-state index >= 15 is 0 Å². The first-order valence-electron chi connectivity index (χ1n) is 6.71. The number of hydrogen-bond donors (Lipinski definition) is 1. The molecule has 4 nitrogen and oxygen atoms in total. The van der Waals surface area contributed by atoms with E-state index in [-0.39, 0.29) is 0 Å². The van der Waals surface area contributed by atoms with Gasteiger partial charge in [-0.25, -0.2) is 0 Å². The molecule has 0 aliphatic rings. The fourth-order valence-electron chi connectivity index (χ4n) is 2.11. The molecule has 0 bridgehead atoms. The third-order valence-corrected chi connectivity index (χ3v) is 3.34. The second-order valence-electron chi connectivity index (χ2n) is 4.76. The Bertz CT molecular complexity index is 590. The molecule has 2 rings (SSSR count). The smallest absolute Gasteiger partial charge is 0.322 e. The van der Waals surface area contributed by atoms with Gasteiger partial charge in [0.1, 0.15) is 11.8 Å². The third-order valence-electron chi connectivity index (χ3n) is 3.34. The van der Waals surface area contributed by atoms with Gasteiger partial charge in [-0.15, -0.1) is 0 Å². The molecule has 0 aliphatic heterocycles. The van der Waals surface area contributed by atoms with E-state index in [0.717, 1.165) is 22.4 Å². The molecule has 0 spiro atoms. The van der Waals surface area contributed by atoms with E-state index in [4.69, 9.17) is 10.5 Å². The van der Waals surface area contributed by atoms with Gasteiger partial charge in [-0.1, -0.05) is 36.4 Å². The Morgan fingerprint density at radius 3 is 2.00 bits per heavy atom. The zero-order valence-corrected chi connectivity index (χ0v) is 12.2. The Balaban J connectivity index is 2.09. The van der Waals surface area contributed by atoms with Gasteiger partial charge in [0.2, 0.25) is 0 Å². The molecular formula is C17H19NO3. The van der Waals surface area contributed by atoms with Gasteiger partial charge in [0.15, 0.2) is 0 Å². The molecule has 0 unspecified atom stereocenters. The zero-order chi connectivity index (χ0) is 15.2. The van der Waals surface area contributed by atoms with Gasteiger partial charge >= 0.3 is 5.97 Å². The van der Waals surface area contributed by atoms with Gasteiger partial charge in [0, 0.05) is 0 Å². The second kappa shape index (κ2) is 6.90. The van der Waals surface area contributed by atoms with Gasteiger partial charge in [0.25, 0.3) is 0 Å². The summed E-state index contributed by atoms with van der Waals surface area (Å²) < 4.78 is 9.77. The van der Waals surface area contributed by atoms with E-state index < -0.39 is 12.0 Å². The first-order valence-corrected chi connectivity index (χ1v) is 6.71. The molecule has 2 N–H and O–H groups in total. The topological polar surface area (TPSA) is 61.5 Å². The molecule has 0 aromatic heterocycles. The van der Waals surface area contributed by atoms with Crippen LogP contribution in [0.5, 0.6) is 5.75 Å².